The van der Waals surface area contributed by atoms with Crippen molar-refractivity contribution in [3.63, 3.8) is 0 Å². The van der Waals surface area contributed by atoms with Crippen molar-refractivity contribution in [3.8, 4) is 0 Å². The van der Waals surface area contributed by atoms with Crippen LogP contribution < -0.4 is 19.6 Å². The Bertz CT molecular complexity index is 2450. The number of rotatable bonds is 12. The van der Waals surface area contributed by atoms with Gasteiger partial charge in [-0.2, -0.15) is 0 Å². The summed E-state index contributed by atoms with van der Waals surface area (Å²) in [5.74, 6) is 0.359. The molecule has 0 bridgehead atoms. The molecule has 4 nitrogen and oxygen atoms in total. The first kappa shape index (κ1) is 37.3. The molecule has 3 atom stereocenters. The third-order valence-electron chi connectivity index (χ3n) is 11.2. The molecular weight excluding hydrogens is 717 g/mol. The molecule has 4 heteroatoms. The highest BCUT2D eigenvalue weighted by atomic mass is 15.2. The van der Waals surface area contributed by atoms with Crippen LogP contribution in [0.1, 0.15) is 13.3 Å². The van der Waals surface area contributed by atoms with Crippen LogP contribution in [0.4, 0.5) is 51.2 Å². The smallest absolute Gasteiger partial charge is 0.0585 e. The van der Waals surface area contributed by atoms with Gasteiger partial charge in [0.1, 0.15) is 0 Å². The Hall–Kier alpha value is -7.30. The summed E-state index contributed by atoms with van der Waals surface area (Å²) in [6.45, 7) is 2.29. The number of benzene rings is 7. The molecule has 0 amide bonds. The first-order chi connectivity index (χ1) is 29.2. The maximum Gasteiger partial charge on any atom is 0.0585 e. The van der Waals surface area contributed by atoms with E-state index in [-0.39, 0.29) is 12.1 Å². The Morgan fingerprint density at radius 1 is 0.356 bits per heavy atom. The lowest BCUT2D eigenvalue weighted by Gasteiger charge is -2.37. The molecule has 2 aliphatic rings. The van der Waals surface area contributed by atoms with Crippen LogP contribution in [0.15, 0.2) is 248 Å². The summed E-state index contributed by atoms with van der Waals surface area (Å²) in [7, 11) is 0. The Labute approximate surface area is 349 Å². The fraction of sp³-hybridized carbons (Fsp3) is 0.0909. The van der Waals surface area contributed by atoms with Gasteiger partial charge in [0.2, 0.25) is 0 Å². The number of anilines is 9. The van der Waals surface area contributed by atoms with E-state index in [2.05, 4.69) is 269 Å². The lowest BCUT2D eigenvalue weighted by atomic mass is 9.94. The summed E-state index contributed by atoms with van der Waals surface area (Å²) in [4.78, 5) is 9.60. The van der Waals surface area contributed by atoms with Gasteiger partial charge in [0, 0.05) is 56.9 Å². The SMILES string of the molecule is CC1C=CC=CC1N(c1ccccc1)c1ccc(N(C2=CCC(N(c3ccccc3)c3ccccc3)C=C2)c2ccc(N(c3ccccc3)c3ccccc3)cc2)cc1. The van der Waals surface area contributed by atoms with Crippen LogP contribution in [0.5, 0.6) is 0 Å². The molecule has 0 heterocycles. The lowest BCUT2D eigenvalue weighted by Crippen LogP contribution is -2.35. The Morgan fingerprint density at radius 3 is 1.14 bits per heavy atom. The monoisotopic (exact) mass is 764 g/mol. The van der Waals surface area contributed by atoms with E-state index in [0.717, 1.165) is 46.2 Å². The first-order valence-electron chi connectivity index (χ1n) is 20.6. The van der Waals surface area contributed by atoms with E-state index >= 15 is 0 Å². The van der Waals surface area contributed by atoms with Crippen molar-refractivity contribution in [2.45, 2.75) is 25.4 Å². The van der Waals surface area contributed by atoms with Crippen LogP contribution in [0.3, 0.4) is 0 Å². The van der Waals surface area contributed by atoms with E-state index in [1.54, 1.807) is 0 Å². The van der Waals surface area contributed by atoms with Crippen molar-refractivity contribution in [1.29, 1.82) is 0 Å². The van der Waals surface area contributed by atoms with E-state index in [4.69, 9.17) is 0 Å². The summed E-state index contributed by atoms with van der Waals surface area (Å²) in [5.41, 5.74) is 11.3. The van der Waals surface area contributed by atoms with Crippen molar-refractivity contribution < 1.29 is 0 Å². The topological polar surface area (TPSA) is 13.0 Å². The van der Waals surface area contributed by atoms with E-state index in [1.807, 2.05) is 0 Å². The van der Waals surface area contributed by atoms with Crippen molar-refractivity contribution in [1.82, 2.24) is 0 Å². The third-order valence-corrected chi connectivity index (χ3v) is 11.2. The van der Waals surface area contributed by atoms with Gasteiger partial charge in [-0.15, -0.1) is 0 Å². The number of nitrogens with zero attached hydrogens (tertiary/aromatic N) is 4. The number of hydrogen-bond acceptors (Lipinski definition) is 4. The molecule has 288 valence electrons. The maximum atomic E-state index is 2.46. The Morgan fingerprint density at radius 2 is 0.712 bits per heavy atom. The molecule has 0 saturated heterocycles. The number of allylic oxidation sites excluding steroid dienone is 3. The van der Waals surface area contributed by atoms with E-state index in [0.29, 0.717) is 5.92 Å². The maximum absolute atomic E-state index is 2.46. The summed E-state index contributed by atoms with van der Waals surface area (Å²) in [6, 6.07) is 71.7. The van der Waals surface area contributed by atoms with Gasteiger partial charge in [-0.25, -0.2) is 0 Å². The first-order valence-corrected chi connectivity index (χ1v) is 20.6. The van der Waals surface area contributed by atoms with Crippen LogP contribution in [-0.2, 0) is 0 Å². The van der Waals surface area contributed by atoms with E-state index < -0.39 is 0 Å². The van der Waals surface area contributed by atoms with Gasteiger partial charge in [0.05, 0.1) is 12.1 Å². The van der Waals surface area contributed by atoms with Crippen molar-refractivity contribution in [2.24, 2.45) is 5.92 Å². The zero-order valence-corrected chi connectivity index (χ0v) is 33.3. The second kappa shape index (κ2) is 17.5. The minimum absolute atomic E-state index is 0.152. The largest absolute Gasteiger partial charge is 0.334 e. The van der Waals surface area contributed by atoms with Gasteiger partial charge in [-0.05, 0) is 128 Å². The minimum Gasteiger partial charge on any atom is -0.334 e. The molecule has 0 N–H and O–H groups in total. The third kappa shape index (κ3) is 8.12. The molecule has 7 aromatic carbocycles. The molecule has 0 aliphatic heterocycles. The van der Waals surface area contributed by atoms with Gasteiger partial charge in [-0.1, -0.05) is 134 Å². The zero-order chi connectivity index (χ0) is 39.8. The molecular formula is C55H48N4. The molecule has 59 heavy (non-hydrogen) atoms. The quantitative estimate of drug-likeness (QED) is 0.123. The fourth-order valence-corrected chi connectivity index (χ4v) is 8.34. The zero-order valence-electron chi connectivity index (χ0n) is 33.3. The number of para-hydroxylation sites is 5. The predicted molar refractivity (Wildman–Crippen MR) is 250 cm³/mol. The highest BCUT2D eigenvalue weighted by molar-refractivity contribution is 5.80. The average Bonchev–Trinajstić information content (AvgIpc) is 3.31. The average molecular weight is 765 g/mol. The molecule has 3 unspecified atom stereocenters. The fourth-order valence-electron chi connectivity index (χ4n) is 8.34. The molecule has 2 aliphatic carbocycles. The van der Waals surface area contributed by atoms with Gasteiger partial charge in [0.25, 0.3) is 0 Å². The van der Waals surface area contributed by atoms with Crippen LogP contribution in [0.2, 0.25) is 0 Å². The Kier molecular flexibility index (Phi) is 11.0. The van der Waals surface area contributed by atoms with Crippen LogP contribution in [-0.4, -0.2) is 12.1 Å². The van der Waals surface area contributed by atoms with Crippen LogP contribution >= 0.6 is 0 Å². The lowest BCUT2D eigenvalue weighted by molar-refractivity contribution is 0.609. The van der Waals surface area contributed by atoms with Gasteiger partial charge < -0.3 is 19.6 Å². The molecule has 0 aromatic heterocycles. The molecule has 0 fully saturated rings. The Balaban J connectivity index is 1.09. The molecule has 7 aromatic rings. The highest BCUT2D eigenvalue weighted by Crippen LogP contribution is 2.41. The van der Waals surface area contributed by atoms with Gasteiger partial charge >= 0.3 is 0 Å². The molecule has 0 radical (unpaired) electrons. The summed E-state index contributed by atoms with van der Waals surface area (Å²) in [5, 5.41) is 0. The van der Waals surface area contributed by atoms with Gasteiger partial charge in [0.15, 0.2) is 0 Å². The second-order valence-corrected chi connectivity index (χ2v) is 15.0. The minimum atomic E-state index is 0.152. The molecule has 0 saturated carbocycles. The van der Waals surface area contributed by atoms with Crippen molar-refractivity contribution in [2.75, 3.05) is 19.6 Å². The molecule has 0 spiro atoms. The normalized spacial score (nSPS) is 16.9. The van der Waals surface area contributed by atoms with Crippen molar-refractivity contribution in [3.05, 3.63) is 248 Å². The molecule has 9 rings (SSSR count). The number of hydrogen-bond donors (Lipinski definition) is 0. The highest BCUT2D eigenvalue weighted by Gasteiger charge is 2.26. The second-order valence-electron chi connectivity index (χ2n) is 15.0. The van der Waals surface area contributed by atoms with Gasteiger partial charge in [-0.3, -0.25) is 0 Å². The van der Waals surface area contributed by atoms with E-state index in [9.17, 15) is 0 Å². The van der Waals surface area contributed by atoms with Crippen LogP contribution in [0.25, 0.3) is 0 Å². The van der Waals surface area contributed by atoms with E-state index in [1.165, 1.54) is 17.1 Å². The van der Waals surface area contributed by atoms with Crippen molar-refractivity contribution >= 4 is 51.2 Å². The standard InChI is InChI=1S/C55H48N4/c1-43-19-17-18-30-55(43)59(48-28-15-6-16-29-48)54-41-39-53(40-42-54)58(51-35-31-49(32-36-51)56(44-20-7-2-8-21-44)45-22-9-3-10-23-45)52-37-33-50(34-38-52)57(46-24-11-4-12-25-46)47-26-13-5-14-27-47/h2-33,35-43,50,55H,34H2,1H3. The summed E-state index contributed by atoms with van der Waals surface area (Å²) >= 11 is 0. The summed E-state index contributed by atoms with van der Waals surface area (Å²) in [6.07, 6.45) is 16.8. The van der Waals surface area contributed by atoms with Crippen LogP contribution in [0, 0.1) is 5.92 Å². The predicted octanol–water partition coefficient (Wildman–Crippen LogP) is 14.6. The summed E-state index contributed by atoms with van der Waals surface area (Å²) < 4.78 is 0.